The summed E-state index contributed by atoms with van der Waals surface area (Å²) in [6.07, 6.45) is 0.606. The van der Waals surface area contributed by atoms with Crippen LogP contribution in [0.4, 0.5) is 0 Å². The van der Waals surface area contributed by atoms with Crippen molar-refractivity contribution in [2.45, 2.75) is 39.7 Å². The molecule has 0 aliphatic carbocycles. The maximum atomic E-state index is 13.0. The summed E-state index contributed by atoms with van der Waals surface area (Å²) in [5.74, 6) is 0.0478. The summed E-state index contributed by atoms with van der Waals surface area (Å²) < 4.78 is 1.98. The average molecular weight is 314 g/mol. The molecule has 0 bridgehead atoms. The molecule has 4 nitrogen and oxygen atoms in total. The third-order valence-corrected chi connectivity index (χ3v) is 5.72. The number of aliphatic hydroxyl groups is 1. The van der Waals surface area contributed by atoms with Crippen molar-refractivity contribution in [1.29, 1.82) is 0 Å². The number of piperidine rings is 1. The van der Waals surface area contributed by atoms with E-state index in [1.807, 2.05) is 55.5 Å². The normalized spacial score (nSPS) is 24.2. The summed E-state index contributed by atoms with van der Waals surface area (Å²) in [4.78, 5) is 14.9. The van der Waals surface area contributed by atoms with Crippen LogP contribution >= 0.6 is 0 Å². The number of carbonyl (C=O) groups is 1. The van der Waals surface area contributed by atoms with E-state index in [1.165, 1.54) is 5.56 Å². The lowest BCUT2D eigenvalue weighted by atomic mass is 9.71. The van der Waals surface area contributed by atoms with Crippen molar-refractivity contribution < 1.29 is 9.90 Å². The van der Waals surface area contributed by atoms with Crippen LogP contribution in [-0.4, -0.2) is 39.2 Å². The molecule has 0 spiro atoms. The lowest BCUT2D eigenvalue weighted by molar-refractivity contribution is -0.0972. The second kappa shape index (κ2) is 5.10. The zero-order valence-corrected chi connectivity index (χ0v) is 14.7. The first kappa shape index (κ1) is 16.1. The number of aromatic nitrogens is 1. The minimum atomic E-state index is -0.737. The summed E-state index contributed by atoms with van der Waals surface area (Å²) in [6.45, 7) is 9.15. The zero-order chi connectivity index (χ0) is 17.0. The molecule has 2 aromatic rings. The van der Waals surface area contributed by atoms with E-state index < -0.39 is 5.60 Å². The van der Waals surface area contributed by atoms with Crippen molar-refractivity contribution in [3.63, 3.8) is 0 Å². The van der Waals surface area contributed by atoms with Gasteiger partial charge in [-0.1, -0.05) is 26.0 Å². The molecule has 2 heterocycles. The minimum absolute atomic E-state index is 0.0478. The molecule has 0 saturated carbocycles. The quantitative estimate of drug-likeness (QED) is 0.879. The number of amides is 1. The standard InChI is InChI=1S/C19H26N2O2/c1-13-7-6-8-15-14(13)11-16(20(15)5)17(22)21-10-9-19(4,23)18(2,3)12-21/h6-8,11,23H,9-10,12H2,1-5H3. The molecule has 3 rings (SSSR count). The van der Waals surface area contributed by atoms with Crippen molar-refractivity contribution in [2.24, 2.45) is 12.5 Å². The van der Waals surface area contributed by atoms with Gasteiger partial charge in [-0.05, 0) is 38.0 Å². The molecule has 1 aromatic carbocycles. The summed E-state index contributed by atoms with van der Waals surface area (Å²) in [6, 6.07) is 8.13. The molecule has 4 heteroatoms. The second-order valence-electron chi connectivity index (χ2n) is 7.73. The molecule has 1 amide bonds. The third-order valence-electron chi connectivity index (χ3n) is 5.72. The fourth-order valence-corrected chi connectivity index (χ4v) is 3.47. The molecule has 0 radical (unpaired) electrons. The molecule has 1 aliphatic rings. The minimum Gasteiger partial charge on any atom is -0.389 e. The molecular weight excluding hydrogens is 288 g/mol. The van der Waals surface area contributed by atoms with Gasteiger partial charge in [-0.25, -0.2) is 0 Å². The van der Waals surface area contributed by atoms with E-state index in [1.54, 1.807) is 0 Å². The van der Waals surface area contributed by atoms with E-state index in [9.17, 15) is 9.90 Å². The first-order chi connectivity index (χ1) is 10.6. The number of likely N-dealkylation sites (tertiary alicyclic amines) is 1. The van der Waals surface area contributed by atoms with E-state index in [0.29, 0.717) is 25.2 Å². The lowest BCUT2D eigenvalue weighted by Gasteiger charge is -2.48. The molecule has 1 atom stereocenters. The Morgan fingerprint density at radius 3 is 2.57 bits per heavy atom. The van der Waals surface area contributed by atoms with Crippen molar-refractivity contribution >= 4 is 16.8 Å². The maximum absolute atomic E-state index is 13.0. The number of benzene rings is 1. The van der Waals surface area contributed by atoms with Crippen LogP contribution < -0.4 is 0 Å². The molecule has 1 aliphatic heterocycles. The van der Waals surface area contributed by atoms with E-state index in [-0.39, 0.29) is 11.3 Å². The second-order valence-corrected chi connectivity index (χ2v) is 7.73. The number of hydrogen-bond donors (Lipinski definition) is 1. The van der Waals surface area contributed by atoms with E-state index in [4.69, 9.17) is 0 Å². The molecule has 1 unspecified atom stereocenters. The highest BCUT2D eigenvalue weighted by atomic mass is 16.3. The monoisotopic (exact) mass is 314 g/mol. The Morgan fingerprint density at radius 1 is 1.26 bits per heavy atom. The molecule has 1 fully saturated rings. The first-order valence-electron chi connectivity index (χ1n) is 8.21. The highest BCUT2D eigenvalue weighted by Crippen LogP contribution is 2.38. The van der Waals surface area contributed by atoms with E-state index >= 15 is 0 Å². The Bertz CT molecular complexity index is 771. The van der Waals surface area contributed by atoms with Gasteiger partial charge in [0.05, 0.1) is 5.60 Å². The number of aryl methyl sites for hydroxylation is 2. The Balaban J connectivity index is 1.96. The fraction of sp³-hybridized carbons (Fsp3) is 0.526. The summed E-state index contributed by atoms with van der Waals surface area (Å²) in [5, 5.41) is 11.7. The summed E-state index contributed by atoms with van der Waals surface area (Å²) in [5.41, 5.74) is 1.92. The zero-order valence-electron chi connectivity index (χ0n) is 14.7. The van der Waals surface area contributed by atoms with Gasteiger partial charge in [0.2, 0.25) is 0 Å². The van der Waals surface area contributed by atoms with Crippen LogP contribution in [0.1, 0.15) is 43.2 Å². The van der Waals surface area contributed by atoms with Gasteiger partial charge in [0, 0.05) is 36.5 Å². The first-order valence-corrected chi connectivity index (χ1v) is 8.21. The van der Waals surface area contributed by atoms with Crippen LogP contribution in [-0.2, 0) is 7.05 Å². The van der Waals surface area contributed by atoms with Crippen LogP contribution in [0, 0.1) is 12.3 Å². The topological polar surface area (TPSA) is 45.5 Å². The van der Waals surface area contributed by atoms with Gasteiger partial charge in [-0.15, -0.1) is 0 Å². The van der Waals surface area contributed by atoms with Gasteiger partial charge < -0.3 is 14.6 Å². The van der Waals surface area contributed by atoms with Gasteiger partial charge >= 0.3 is 0 Å². The number of nitrogens with zero attached hydrogens (tertiary/aromatic N) is 2. The molecule has 1 saturated heterocycles. The van der Waals surface area contributed by atoms with Gasteiger partial charge in [-0.2, -0.15) is 0 Å². The molecule has 1 N–H and O–H groups in total. The maximum Gasteiger partial charge on any atom is 0.270 e. The molecular formula is C19H26N2O2. The lowest BCUT2D eigenvalue weighted by Crippen LogP contribution is -2.57. The Labute approximate surface area is 137 Å². The highest BCUT2D eigenvalue weighted by Gasteiger charge is 2.45. The van der Waals surface area contributed by atoms with Crippen molar-refractivity contribution in [3.8, 4) is 0 Å². The predicted molar refractivity (Wildman–Crippen MR) is 92.6 cm³/mol. The number of carbonyl (C=O) groups excluding carboxylic acids is 1. The smallest absolute Gasteiger partial charge is 0.270 e. The van der Waals surface area contributed by atoms with Crippen molar-refractivity contribution in [1.82, 2.24) is 9.47 Å². The Kier molecular flexibility index (Phi) is 3.56. The number of hydrogen-bond acceptors (Lipinski definition) is 2. The van der Waals surface area contributed by atoms with Gasteiger partial charge in [0.1, 0.15) is 5.69 Å². The number of rotatable bonds is 1. The third kappa shape index (κ3) is 2.45. The summed E-state index contributed by atoms with van der Waals surface area (Å²) >= 11 is 0. The van der Waals surface area contributed by atoms with Crippen LogP contribution in [0.25, 0.3) is 10.9 Å². The molecule has 124 valence electrons. The Morgan fingerprint density at radius 2 is 1.96 bits per heavy atom. The largest absolute Gasteiger partial charge is 0.389 e. The molecule has 1 aromatic heterocycles. The van der Waals surface area contributed by atoms with Gasteiger partial charge in [-0.3, -0.25) is 4.79 Å². The van der Waals surface area contributed by atoms with Gasteiger partial charge in [0.25, 0.3) is 5.91 Å². The predicted octanol–water partition coefficient (Wildman–Crippen LogP) is 3.11. The van der Waals surface area contributed by atoms with Crippen molar-refractivity contribution in [2.75, 3.05) is 13.1 Å². The average Bonchev–Trinajstić information content (AvgIpc) is 2.80. The molecule has 23 heavy (non-hydrogen) atoms. The van der Waals surface area contributed by atoms with E-state index in [0.717, 1.165) is 10.9 Å². The van der Waals surface area contributed by atoms with Crippen LogP contribution in [0.3, 0.4) is 0 Å². The SMILES string of the molecule is Cc1cccc2c1cc(C(=O)N1CCC(C)(O)C(C)(C)C1)n2C. The van der Waals surface area contributed by atoms with E-state index in [2.05, 4.69) is 13.0 Å². The summed E-state index contributed by atoms with van der Waals surface area (Å²) in [7, 11) is 1.94. The van der Waals surface area contributed by atoms with Crippen LogP contribution in [0.15, 0.2) is 24.3 Å². The van der Waals surface area contributed by atoms with Gasteiger partial charge in [0.15, 0.2) is 0 Å². The van der Waals surface area contributed by atoms with Crippen molar-refractivity contribution in [3.05, 3.63) is 35.5 Å². The highest BCUT2D eigenvalue weighted by molar-refractivity contribution is 5.99. The van der Waals surface area contributed by atoms with Crippen LogP contribution in [0.5, 0.6) is 0 Å². The van der Waals surface area contributed by atoms with Crippen LogP contribution in [0.2, 0.25) is 0 Å². The fourth-order valence-electron chi connectivity index (χ4n) is 3.47. The Hall–Kier alpha value is -1.81. The number of fused-ring (bicyclic) bond motifs is 1.